The third-order valence-corrected chi connectivity index (χ3v) is 3.53. The van der Waals surface area contributed by atoms with Crippen molar-refractivity contribution >= 4 is 0 Å². The Labute approximate surface area is 99.7 Å². The molecule has 1 fully saturated rings. The Balaban J connectivity index is 2.28. The normalized spacial score (nSPS) is 27.9. The van der Waals surface area contributed by atoms with E-state index in [0.717, 1.165) is 5.92 Å². The first-order valence-electron chi connectivity index (χ1n) is 6.75. The smallest absolute Gasteiger partial charge is 0.0930 e. The van der Waals surface area contributed by atoms with Gasteiger partial charge in [-0.3, -0.25) is 0 Å². The number of rotatable bonds is 7. The number of hydrogen-bond donors (Lipinski definition) is 1. The van der Waals surface area contributed by atoms with Crippen LogP contribution in [0.2, 0.25) is 0 Å². The zero-order chi connectivity index (χ0) is 11.8. The minimum atomic E-state index is 0.0735. The fraction of sp³-hybridized carbons (Fsp3) is 1.00. The van der Waals surface area contributed by atoms with Gasteiger partial charge in [0.1, 0.15) is 0 Å². The number of nitrogens with two attached hydrogens (primary N) is 1. The van der Waals surface area contributed by atoms with Crippen molar-refractivity contribution in [2.75, 3.05) is 19.8 Å². The van der Waals surface area contributed by atoms with Gasteiger partial charge in [-0.25, -0.2) is 0 Å². The lowest BCUT2D eigenvalue weighted by Gasteiger charge is -2.31. The molecule has 2 N–H and O–H groups in total. The summed E-state index contributed by atoms with van der Waals surface area (Å²) in [6, 6.07) is 0. The van der Waals surface area contributed by atoms with Crippen molar-refractivity contribution in [1.29, 1.82) is 0 Å². The summed E-state index contributed by atoms with van der Waals surface area (Å²) in [5, 5.41) is 0. The molecule has 96 valence electrons. The zero-order valence-electron chi connectivity index (χ0n) is 10.8. The lowest BCUT2D eigenvalue weighted by molar-refractivity contribution is -0.0670. The van der Waals surface area contributed by atoms with Gasteiger partial charge in [-0.15, -0.1) is 0 Å². The second-order valence-electron chi connectivity index (χ2n) is 4.64. The molecular weight excluding hydrogens is 202 g/mol. The summed E-state index contributed by atoms with van der Waals surface area (Å²) in [4.78, 5) is 0. The lowest BCUT2D eigenvalue weighted by atomic mass is 9.85. The molecule has 3 atom stereocenters. The Morgan fingerprint density at radius 1 is 1.25 bits per heavy atom. The first-order chi connectivity index (χ1) is 7.81. The van der Waals surface area contributed by atoms with Gasteiger partial charge >= 0.3 is 0 Å². The molecule has 0 aromatic rings. The summed E-state index contributed by atoms with van der Waals surface area (Å²) in [7, 11) is 0. The molecule has 0 aromatic carbocycles. The maximum absolute atomic E-state index is 5.99. The van der Waals surface area contributed by atoms with Crippen molar-refractivity contribution in [3.05, 3.63) is 0 Å². The fourth-order valence-corrected chi connectivity index (χ4v) is 2.51. The molecular formula is C13H27NO2. The average Bonchev–Trinajstić information content (AvgIpc) is 2.34. The Kier molecular flexibility index (Phi) is 7.01. The van der Waals surface area contributed by atoms with E-state index >= 15 is 0 Å². The summed E-state index contributed by atoms with van der Waals surface area (Å²) >= 11 is 0. The molecule has 3 nitrogen and oxygen atoms in total. The molecule has 3 unspecified atom stereocenters. The van der Waals surface area contributed by atoms with Crippen LogP contribution in [0, 0.1) is 5.92 Å². The van der Waals surface area contributed by atoms with Crippen LogP contribution >= 0.6 is 0 Å². The first kappa shape index (κ1) is 13.9. The van der Waals surface area contributed by atoms with Gasteiger partial charge < -0.3 is 15.2 Å². The summed E-state index contributed by atoms with van der Waals surface area (Å²) < 4.78 is 11.5. The Bertz CT molecular complexity index is 175. The number of ether oxygens (including phenoxy) is 2. The first-order valence-corrected chi connectivity index (χ1v) is 6.75. The van der Waals surface area contributed by atoms with Crippen molar-refractivity contribution in [3.8, 4) is 0 Å². The molecule has 0 heterocycles. The highest BCUT2D eigenvalue weighted by Crippen LogP contribution is 2.29. The maximum Gasteiger partial charge on any atom is 0.0930 e. The lowest BCUT2D eigenvalue weighted by Crippen LogP contribution is -2.34. The Morgan fingerprint density at radius 3 is 2.62 bits per heavy atom. The van der Waals surface area contributed by atoms with Crippen LogP contribution in [-0.2, 0) is 9.47 Å². The molecule has 1 aliphatic rings. The van der Waals surface area contributed by atoms with E-state index in [-0.39, 0.29) is 6.10 Å². The van der Waals surface area contributed by atoms with Gasteiger partial charge in [0.05, 0.1) is 18.8 Å². The van der Waals surface area contributed by atoms with Crippen molar-refractivity contribution in [2.24, 2.45) is 11.7 Å². The van der Waals surface area contributed by atoms with Gasteiger partial charge in [0.2, 0.25) is 0 Å². The van der Waals surface area contributed by atoms with Gasteiger partial charge in [0.25, 0.3) is 0 Å². The largest absolute Gasteiger partial charge is 0.375 e. The van der Waals surface area contributed by atoms with Crippen LogP contribution in [0.4, 0.5) is 0 Å². The third-order valence-electron chi connectivity index (χ3n) is 3.53. The van der Waals surface area contributed by atoms with E-state index in [4.69, 9.17) is 15.2 Å². The van der Waals surface area contributed by atoms with E-state index in [1.165, 1.54) is 32.1 Å². The van der Waals surface area contributed by atoms with Crippen LogP contribution in [0.1, 0.15) is 46.0 Å². The second-order valence-corrected chi connectivity index (χ2v) is 4.64. The summed E-state index contributed by atoms with van der Waals surface area (Å²) in [6.45, 7) is 6.18. The summed E-state index contributed by atoms with van der Waals surface area (Å²) in [5.41, 5.74) is 5.64. The standard InChI is InChI=1S/C13H27NO2/c1-3-11-7-5-6-8-13(11)16-10-12(9-14)15-4-2/h11-13H,3-10,14H2,1-2H3. The van der Waals surface area contributed by atoms with Gasteiger partial charge in [-0.1, -0.05) is 26.2 Å². The van der Waals surface area contributed by atoms with Crippen LogP contribution in [0.3, 0.4) is 0 Å². The highest BCUT2D eigenvalue weighted by molar-refractivity contribution is 4.75. The molecule has 3 heteroatoms. The van der Waals surface area contributed by atoms with E-state index in [9.17, 15) is 0 Å². The fourth-order valence-electron chi connectivity index (χ4n) is 2.51. The van der Waals surface area contributed by atoms with E-state index in [1.807, 2.05) is 6.92 Å². The molecule has 0 bridgehead atoms. The molecule has 0 spiro atoms. The monoisotopic (exact) mass is 229 g/mol. The van der Waals surface area contributed by atoms with Crippen LogP contribution in [0.25, 0.3) is 0 Å². The second kappa shape index (κ2) is 8.04. The molecule has 0 radical (unpaired) electrons. The van der Waals surface area contributed by atoms with Gasteiger partial charge in [0, 0.05) is 13.2 Å². The van der Waals surface area contributed by atoms with Gasteiger partial charge in [-0.2, -0.15) is 0 Å². The third kappa shape index (κ3) is 4.40. The topological polar surface area (TPSA) is 44.5 Å². The molecule has 0 amide bonds. The predicted octanol–water partition coefficient (Wildman–Crippen LogP) is 2.34. The Hall–Kier alpha value is -0.120. The molecule has 1 saturated carbocycles. The molecule has 0 aromatic heterocycles. The Morgan fingerprint density at radius 2 is 2.00 bits per heavy atom. The quantitative estimate of drug-likeness (QED) is 0.728. The van der Waals surface area contributed by atoms with Gasteiger partial charge in [-0.05, 0) is 25.7 Å². The van der Waals surface area contributed by atoms with Crippen molar-refractivity contribution < 1.29 is 9.47 Å². The molecule has 1 aliphatic carbocycles. The van der Waals surface area contributed by atoms with Crippen molar-refractivity contribution in [1.82, 2.24) is 0 Å². The van der Waals surface area contributed by atoms with Crippen LogP contribution < -0.4 is 5.73 Å². The van der Waals surface area contributed by atoms with E-state index in [0.29, 0.717) is 25.9 Å². The van der Waals surface area contributed by atoms with Crippen LogP contribution in [-0.4, -0.2) is 32.0 Å². The maximum atomic E-state index is 5.99. The minimum Gasteiger partial charge on any atom is -0.375 e. The predicted molar refractivity (Wildman–Crippen MR) is 66.5 cm³/mol. The average molecular weight is 229 g/mol. The number of hydrogen-bond acceptors (Lipinski definition) is 3. The van der Waals surface area contributed by atoms with E-state index < -0.39 is 0 Å². The van der Waals surface area contributed by atoms with E-state index in [2.05, 4.69) is 6.92 Å². The zero-order valence-corrected chi connectivity index (χ0v) is 10.8. The molecule has 0 aliphatic heterocycles. The highest BCUT2D eigenvalue weighted by Gasteiger charge is 2.24. The van der Waals surface area contributed by atoms with Crippen LogP contribution in [0.5, 0.6) is 0 Å². The van der Waals surface area contributed by atoms with Gasteiger partial charge in [0.15, 0.2) is 0 Å². The highest BCUT2D eigenvalue weighted by atomic mass is 16.5. The van der Waals surface area contributed by atoms with E-state index in [1.54, 1.807) is 0 Å². The van der Waals surface area contributed by atoms with Crippen LogP contribution in [0.15, 0.2) is 0 Å². The summed E-state index contributed by atoms with van der Waals surface area (Å²) in [5.74, 6) is 0.744. The minimum absolute atomic E-state index is 0.0735. The van der Waals surface area contributed by atoms with Crippen molar-refractivity contribution in [2.45, 2.75) is 58.2 Å². The molecule has 0 saturated heterocycles. The SMILES string of the molecule is CCOC(CN)COC1CCCCC1CC. The van der Waals surface area contributed by atoms with Crippen molar-refractivity contribution in [3.63, 3.8) is 0 Å². The molecule has 1 rings (SSSR count). The molecule has 16 heavy (non-hydrogen) atoms. The summed E-state index contributed by atoms with van der Waals surface area (Å²) in [6.07, 6.45) is 6.95.